The molecule has 0 fully saturated rings. The van der Waals surface area contributed by atoms with Gasteiger partial charge < -0.3 is 4.90 Å². The molecule has 0 aliphatic carbocycles. The number of aryl methyl sites for hydroxylation is 1. The molecule has 0 radical (unpaired) electrons. The van der Waals surface area contributed by atoms with Crippen LogP contribution in [-0.4, -0.2) is 17.4 Å². The number of halogens is 2. The Morgan fingerprint density at radius 3 is 2.52 bits per heavy atom. The molecule has 0 aliphatic rings. The van der Waals surface area contributed by atoms with Gasteiger partial charge in [0, 0.05) is 13.1 Å². The molecule has 21 heavy (non-hydrogen) atoms. The number of nitrogens with zero attached hydrogens (tertiary/aromatic N) is 1. The Kier molecular flexibility index (Phi) is 4.68. The van der Waals surface area contributed by atoms with Crippen LogP contribution in [0.25, 0.3) is 0 Å². The summed E-state index contributed by atoms with van der Waals surface area (Å²) in [5.41, 5.74) is 1.48. The molecule has 2 aromatic rings. The van der Waals surface area contributed by atoms with Gasteiger partial charge in [-0.3, -0.25) is 4.79 Å². The van der Waals surface area contributed by atoms with Gasteiger partial charge in [-0.15, -0.1) is 0 Å². The summed E-state index contributed by atoms with van der Waals surface area (Å²) in [6.07, 6.45) is 0. The van der Waals surface area contributed by atoms with E-state index in [9.17, 15) is 13.6 Å². The average molecular weight is 289 g/mol. The number of rotatable bonds is 4. The van der Waals surface area contributed by atoms with E-state index in [1.165, 1.54) is 29.2 Å². The van der Waals surface area contributed by atoms with Gasteiger partial charge in [-0.1, -0.05) is 18.2 Å². The molecule has 0 atom stereocenters. The second-order valence-electron chi connectivity index (χ2n) is 4.93. The molecule has 0 N–H and O–H groups in total. The molecule has 0 unspecified atom stereocenters. The Morgan fingerprint density at radius 1 is 1.14 bits per heavy atom. The summed E-state index contributed by atoms with van der Waals surface area (Å²) in [4.78, 5) is 13.9. The van der Waals surface area contributed by atoms with E-state index < -0.39 is 5.82 Å². The van der Waals surface area contributed by atoms with E-state index in [2.05, 4.69) is 0 Å². The van der Waals surface area contributed by atoms with E-state index in [0.29, 0.717) is 12.1 Å². The molecule has 0 aliphatic heterocycles. The lowest BCUT2D eigenvalue weighted by Gasteiger charge is -2.21. The molecule has 0 saturated carbocycles. The van der Waals surface area contributed by atoms with E-state index >= 15 is 0 Å². The van der Waals surface area contributed by atoms with Crippen molar-refractivity contribution >= 4 is 5.91 Å². The molecule has 2 aromatic carbocycles. The minimum Gasteiger partial charge on any atom is -0.335 e. The molecule has 0 saturated heterocycles. The van der Waals surface area contributed by atoms with Crippen LogP contribution < -0.4 is 0 Å². The fourth-order valence-corrected chi connectivity index (χ4v) is 2.15. The zero-order chi connectivity index (χ0) is 15.4. The van der Waals surface area contributed by atoms with Crippen molar-refractivity contribution in [1.29, 1.82) is 0 Å². The highest BCUT2D eigenvalue weighted by atomic mass is 19.1. The van der Waals surface area contributed by atoms with Crippen LogP contribution in [0.3, 0.4) is 0 Å². The normalized spacial score (nSPS) is 10.5. The van der Waals surface area contributed by atoms with Crippen LogP contribution in [0.15, 0.2) is 42.5 Å². The van der Waals surface area contributed by atoms with Crippen LogP contribution in [0.1, 0.15) is 28.4 Å². The van der Waals surface area contributed by atoms with E-state index in [0.717, 1.165) is 5.56 Å². The van der Waals surface area contributed by atoms with Gasteiger partial charge in [0.05, 0.1) is 5.56 Å². The van der Waals surface area contributed by atoms with Crippen molar-refractivity contribution in [1.82, 2.24) is 4.90 Å². The Hall–Kier alpha value is -2.23. The number of amides is 1. The van der Waals surface area contributed by atoms with Crippen molar-refractivity contribution in [2.45, 2.75) is 20.4 Å². The molecule has 0 heterocycles. The van der Waals surface area contributed by atoms with Crippen molar-refractivity contribution in [2.75, 3.05) is 6.54 Å². The monoisotopic (exact) mass is 289 g/mol. The van der Waals surface area contributed by atoms with Crippen molar-refractivity contribution in [3.05, 3.63) is 70.8 Å². The third-order valence-electron chi connectivity index (χ3n) is 3.29. The summed E-state index contributed by atoms with van der Waals surface area (Å²) in [7, 11) is 0. The first-order valence-corrected chi connectivity index (χ1v) is 6.81. The molecule has 1 amide bonds. The lowest BCUT2D eigenvalue weighted by Crippen LogP contribution is -2.31. The van der Waals surface area contributed by atoms with Crippen LogP contribution in [0.2, 0.25) is 0 Å². The minimum atomic E-state index is -0.530. The number of carbonyl (C=O) groups excluding carboxylic acids is 1. The standard InChI is InChI=1S/C17H17F2NO/c1-3-20(11-13-5-4-6-14(18)10-13)17(21)15-8-7-12(2)9-16(15)19/h4-10H,3,11H2,1-2H3. The topological polar surface area (TPSA) is 20.3 Å². The Bertz CT molecular complexity index is 655. The summed E-state index contributed by atoms with van der Waals surface area (Å²) >= 11 is 0. The van der Waals surface area contributed by atoms with Crippen LogP contribution in [0, 0.1) is 18.6 Å². The number of hydrogen-bond donors (Lipinski definition) is 0. The maximum Gasteiger partial charge on any atom is 0.257 e. The van der Waals surface area contributed by atoms with E-state index in [1.807, 2.05) is 6.92 Å². The first-order valence-electron chi connectivity index (χ1n) is 6.81. The van der Waals surface area contributed by atoms with Crippen LogP contribution >= 0.6 is 0 Å². The van der Waals surface area contributed by atoms with Crippen molar-refractivity contribution in [3.8, 4) is 0 Å². The molecule has 4 heteroatoms. The number of carbonyl (C=O) groups is 1. The highest BCUT2D eigenvalue weighted by molar-refractivity contribution is 5.94. The van der Waals surface area contributed by atoms with E-state index in [-0.39, 0.29) is 23.8 Å². The SMILES string of the molecule is CCN(Cc1cccc(F)c1)C(=O)c1ccc(C)cc1F. The highest BCUT2D eigenvalue weighted by Crippen LogP contribution is 2.15. The van der Waals surface area contributed by atoms with Gasteiger partial charge in [0.1, 0.15) is 11.6 Å². The van der Waals surface area contributed by atoms with Gasteiger partial charge >= 0.3 is 0 Å². The minimum absolute atomic E-state index is 0.0406. The Morgan fingerprint density at radius 2 is 1.90 bits per heavy atom. The molecule has 0 aromatic heterocycles. The lowest BCUT2D eigenvalue weighted by molar-refractivity contribution is 0.0747. The van der Waals surface area contributed by atoms with Crippen LogP contribution in [0.5, 0.6) is 0 Å². The van der Waals surface area contributed by atoms with Crippen molar-refractivity contribution in [2.24, 2.45) is 0 Å². The third kappa shape index (κ3) is 3.66. The molecular weight excluding hydrogens is 272 g/mol. The first kappa shape index (κ1) is 15.2. The van der Waals surface area contributed by atoms with Crippen LogP contribution in [0.4, 0.5) is 8.78 Å². The van der Waals surface area contributed by atoms with Gasteiger partial charge in [0.2, 0.25) is 0 Å². The molecule has 110 valence electrons. The molecule has 2 rings (SSSR count). The third-order valence-corrected chi connectivity index (χ3v) is 3.29. The largest absolute Gasteiger partial charge is 0.335 e. The van der Waals surface area contributed by atoms with Gasteiger partial charge in [0.25, 0.3) is 5.91 Å². The van der Waals surface area contributed by atoms with E-state index in [1.54, 1.807) is 25.1 Å². The highest BCUT2D eigenvalue weighted by Gasteiger charge is 2.18. The predicted molar refractivity (Wildman–Crippen MR) is 78.0 cm³/mol. The second-order valence-corrected chi connectivity index (χ2v) is 4.93. The summed E-state index contributed by atoms with van der Waals surface area (Å²) in [5, 5.41) is 0. The molecule has 0 bridgehead atoms. The number of hydrogen-bond acceptors (Lipinski definition) is 1. The zero-order valence-electron chi connectivity index (χ0n) is 12.1. The summed E-state index contributed by atoms with van der Waals surface area (Å²) in [6, 6.07) is 10.6. The first-order chi connectivity index (χ1) is 10.0. The van der Waals surface area contributed by atoms with Gasteiger partial charge in [-0.25, -0.2) is 8.78 Å². The predicted octanol–water partition coefficient (Wildman–Crippen LogP) is 3.94. The van der Waals surface area contributed by atoms with Crippen molar-refractivity contribution in [3.63, 3.8) is 0 Å². The maximum atomic E-state index is 13.9. The summed E-state index contributed by atoms with van der Waals surface area (Å²) < 4.78 is 27.1. The maximum absolute atomic E-state index is 13.9. The number of benzene rings is 2. The smallest absolute Gasteiger partial charge is 0.257 e. The average Bonchev–Trinajstić information content (AvgIpc) is 2.44. The molecular formula is C17H17F2NO. The fourth-order valence-electron chi connectivity index (χ4n) is 2.15. The zero-order valence-corrected chi connectivity index (χ0v) is 12.1. The summed E-state index contributed by atoms with van der Waals surface area (Å²) in [5.74, 6) is -1.27. The fraction of sp³-hybridized carbons (Fsp3) is 0.235. The van der Waals surface area contributed by atoms with E-state index in [4.69, 9.17) is 0 Å². The molecule has 2 nitrogen and oxygen atoms in total. The van der Waals surface area contributed by atoms with Gasteiger partial charge in [-0.05, 0) is 49.2 Å². The van der Waals surface area contributed by atoms with Gasteiger partial charge in [0.15, 0.2) is 0 Å². The quantitative estimate of drug-likeness (QED) is 0.835. The summed E-state index contributed by atoms with van der Waals surface area (Å²) in [6.45, 7) is 4.24. The molecule has 0 spiro atoms. The van der Waals surface area contributed by atoms with Crippen LogP contribution in [-0.2, 0) is 6.54 Å². The Labute approximate surface area is 123 Å². The second kappa shape index (κ2) is 6.48. The Balaban J connectivity index is 2.22. The lowest BCUT2D eigenvalue weighted by atomic mass is 10.1. The van der Waals surface area contributed by atoms with Crippen molar-refractivity contribution < 1.29 is 13.6 Å². The van der Waals surface area contributed by atoms with Gasteiger partial charge in [-0.2, -0.15) is 0 Å².